The number of hydrogen-bond donors (Lipinski definition) is 1. The smallest absolute Gasteiger partial charge is 0.0701 e. The Balaban J connectivity index is 2.27. The van der Waals surface area contributed by atoms with Gasteiger partial charge in [-0.2, -0.15) is 11.8 Å². The molecule has 0 fully saturated rings. The molecule has 0 atom stereocenters. The third-order valence-corrected chi connectivity index (χ3v) is 3.90. The van der Waals surface area contributed by atoms with E-state index in [1.807, 2.05) is 0 Å². The second-order valence-corrected chi connectivity index (χ2v) is 5.63. The summed E-state index contributed by atoms with van der Waals surface area (Å²) in [6.45, 7) is 0.275. The Morgan fingerprint density at radius 3 is 2.91 bits per heavy atom. The van der Waals surface area contributed by atoms with E-state index in [0.717, 1.165) is 11.5 Å². The summed E-state index contributed by atoms with van der Waals surface area (Å²) < 4.78 is 1.18. The summed E-state index contributed by atoms with van der Waals surface area (Å²) in [6, 6.07) is 4.17. The van der Waals surface area contributed by atoms with Gasteiger partial charge in [-0.05, 0) is 28.1 Å². The highest BCUT2D eigenvalue weighted by Gasteiger charge is 1.96. The monoisotopic (exact) mass is 252 g/mol. The Kier molecular flexibility index (Phi) is 4.52. The first-order chi connectivity index (χ1) is 5.33. The average Bonchev–Trinajstić information content (AvgIpc) is 2.37. The molecule has 0 bridgehead atoms. The molecular formula is C7H9BrOS2. The van der Waals surface area contributed by atoms with Crippen molar-refractivity contribution in [3.8, 4) is 0 Å². The fourth-order valence-corrected chi connectivity index (χ4v) is 3.00. The molecule has 1 rings (SSSR count). The van der Waals surface area contributed by atoms with Crippen LogP contribution in [-0.2, 0) is 5.75 Å². The van der Waals surface area contributed by atoms with E-state index in [4.69, 9.17) is 5.11 Å². The van der Waals surface area contributed by atoms with E-state index in [1.54, 1.807) is 23.1 Å². The average molecular weight is 253 g/mol. The van der Waals surface area contributed by atoms with Crippen LogP contribution in [0.3, 0.4) is 0 Å². The molecule has 62 valence electrons. The van der Waals surface area contributed by atoms with E-state index in [-0.39, 0.29) is 6.61 Å². The molecule has 0 unspecified atom stereocenters. The summed E-state index contributed by atoms with van der Waals surface area (Å²) in [5.41, 5.74) is 0. The van der Waals surface area contributed by atoms with Crippen molar-refractivity contribution in [1.29, 1.82) is 0 Å². The summed E-state index contributed by atoms with van der Waals surface area (Å²) >= 11 is 6.91. The molecule has 0 aliphatic rings. The lowest BCUT2D eigenvalue weighted by atomic mass is 10.5. The van der Waals surface area contributed by atoms with E-state index in [1.165, 1.54) is 8.66 Å². The van der Waals surface area contributed by atoms with Crippen molar-refractivity contribution in [3.05, 3.63) is 20.8 Å². The topological polar surface area (TPSA) is 20.2 Å². The van der Waals surface area contributed by atoms with Crippen molar-refractivity contribution in [1.82, 2.24) is 0 Å². The van der Waals surface area contributed by atoms with Crippen molar-refractivity contribution in [2.24, 2.45) is 0 Å². The Hall–Kier alpha value is 0.490. The largest absolute Gasteiger partial charge is 0.396 e. The zero-order chi connectivity index (χ0) is 8.10. The van der Waals surface area contributed by atoms with Gasteiger partial charge in [-0.25, -0.2) is 0 Å². The Morgan fingerprint density at radius 2 is 2.36 bits per heavy atom. The van der Waals surface area contributed by atoms with Crippen molar-refractivity contribution < 1.29 is 5.11 Å². The number of aliphatic hydroxyl groups is 1. The Morgan fingerprint density at radius 1 is 1.55 bits per heavy atom. The van der Waals surface area contributed by atoms with E-state index in [0.29, 0.717) is 0 Å². The summed E-state index contributed by atoms with van der Waals surface area (Å²) in [7, 11) is 0. The third-order valence-electron chi connectivity index (χ3n) is 1.11. The van der Waals surface area contributed by atoms with Crippen LogP contribution in [0.15, 0.2) is 15.9 Å². The Labute approximate surface area is 83.0 Å². The lowest BCUT2D eigenvalue weighted by Crippen LogP contribution is -1.85. The van der Waals surface area contributed by atoms with E-state index < -0.39 is 0 Å². The second kappa shape index (κ2) is 5.19. The lowest BCUT2D eigenvalue weighted by Gasteiger charge is -1.93. The molecule has 0 amide bonds. The zero-order valence-corrected chi connectivity index (χ0v) is 9.14. The van der Waals surface area contributed by atoms with Crippen LogP contribution in [-0.4, -0.2) is 17.5 Å². The number of rotatable bonds is 4. The minimum atomic E-state index is 0.275. The maximum absolute atomic E-state index is 8.52. The van der Waals surface area contributed by atoms with E-state index in [9.17, 15) is 0 Å². The number of thioether (sulfide) groups is 1. The van der Waals surface area contributed by atoms with Crippen LogP contribution in [0.2, 0.25) is 0 Å². The molecule has 1 nitrogen and oxygen atoms in total. The minimum Gasteiger partial charge on any atom is -0.396 e. The molecule has 0 aromatic carbocycles. The van der Waals surface area contributed by atoms with E-state index in [2.05, 4.69) is 28.1 Å². The molecule has 1 N–H and O–H groups in total. The van der Waals surface area contributed by atoms with Gasteiger partial charge in [0.25, 0.3) is 0 Å². The maximum Gasteiger partial charge on any atom is 0.0701 e. The van der Waals surface area contributed by atoms with Gasteiger partial charge in [0.05, 0.1) is 10.4 Å². The number of aliphatic hydroxyl groups excluding tert-OH is 1. The van der Waals surface area contributed by atoms with Crippen LogP contribution in [0.5, 0.6) is 0 Å². The predicted octanol–water partition coefficient (Wildman–Crippen LogP) is 2.74. The summed E-state index contributed by atoms with van der Waals surface area (Å²) in [6.07, 6.45) is 0. The van der Waals surface area contributed by atoms with Gasteiger partial charge < -0.3 is 5.11 Å². The van der Waals surface area contributed by atoms with Crippen molar-refractivity contribution in [2.75, 3.05) is 12.4 Å². The van der Waals surface area contributed by atoms with Gasteiger partial charge in [-0.1, -0.05) is 0 Å². The number of thiophene rings is 1. The van der Waals surface area contributed by atoms with Crippen molar-refractivity contribution in [3.63, 3.8) is 0 Å². The van der Waals surface area contributed by atoms with Gasteiger partial charge in [-0.3, -0.25) is 0 Å². The highest BCUT2D eigenvalue weighted by Crippen LogP contribution is 2.25. The summed E-state index contributed by atoms with van der Waals surface area (Å²) in [4.78, 5) is 1.36. The van der Waals surface area contributed by atoms with Crippen LogP contribution in [0.4, 0.5) is 0 Å². The van der Waals surface area contributed by atoms with Gasteiger partial charge in [-0.15, -0.1) is 11.3 Å². The molecule has 0 saturated carbocycles. The molecule has 1 aromatic heterocycles. The highest BCUT2D eigenvalue weighted by atomic mass is 79.9. The molecule has 0 aliphatic heterocycles. The summed E-state index contributed by atoms with van der Waals surface area (Å²) in [5.74, 6) is 1.84. The lowest BCUT2D eigenvalue weighted by molar-refractivity contribution is 0.322. The van der Waals surface area contributed by atoms with Gasteiger partial charge in [0.1, 0.15) is 0 Å². The molecule has 11 heavy (non-hydrogen) atoms. The van der Waals surface area contributed by atoms with Crippen LogP contribution in [0, 0.1) is 0 Å². The van der Waals surface area contributed by atoms with Crippen molar-refractivity contribution in [2.45, 2.75) is 5.75 Å². The molecule has 0 aliphatic carbocycles. The zero-order valence-electron chi connectivity index (χ0n) is 5.92. The quantitative estimate of drug-likeness (QED) is 0.832. The molecule has 1 heterocycles. The van der Waals surface area contributed by atoms with Crippen molar-refractivity contribution >= 4 is 39.0 Å². The molecule has 1 aromatic rings. The molecular weight excluding hydrogens is 244 g/mol. The van der Waals surface area contributed by atoms with Gasteiger partial charge in [0.2, 0.25) is 0 Å². The Bertz CT molecular complexity index is 212. The van der Waals surface area contributed by atoms with Gasteiger partial charge >= 0.3 is 0 Å². The van der Waals surface area contributed by atoms with Crippen LogP contribution >= 0.6 is 39.0 Å². The highest BCUT2D eigenvalue weighted by molar-refractivity contribution is 9.11. The fraction of sp³-hybridized carbons (Fsp3) is 0.429. The van der Waals surface area contributed by atoms with Crippen LogP contribution in [0.1, 0.15) is 4.88 Å². The molecule has 0 radical (unpaired) electrons. The molecule has 4 heteroatoms. The number of hydrogen-bond acceptors (Lipinski definition) is 3. The van der Waals surface area contributed by atoms with Gasteiger partial charge in [0.15, 0.2) is 0 Å². The first-order valence-corrected chi connectivity index (χ1v) is 6.02. The van der Waals surface area contributed by atoms with Gasteiger partial charge in [0, 0.05) is 16.4 Å². The predicted molar refractivity (Wildman–Crippen MR) is 55.3 cm³/mol. The summed E-state index contributed by atoms with van der Waals surface area (Å²) in [5, 5.41) is 8.52. The van der Waals surface area contributed by atoms with E-state index >= 15 is 0 Å². The van der Waals surface area contributed by atoms with Crippen LogP contribution in [0.25, 0.3) is 0 Å². The SMILES string of the molecule is OCCSCc1ccc(Br)s1. The maximum atomic E-state index is 8.52. The first kappa shape index (κ1) is 9.58. The number of halogens is 1. The third kappa shape index (κ3) is 3.60. The van der Waals surface area contributed by atoms with Crippen LogP contribution < -0.4 is 0 Å². The second-order valence-electron chi connectivity index (χ2n) is 1.98. The molecule has 0 saturated heterocycles. The fourth-order valence-electron chi connectivity index (χ4n) is 0.667. The standard InChI is InChI=1S/C7H9BrOS2/c8-7-2-1-6(11-7)5-10-4-3-9/h1-2,9H,3-5H2. The molecule has 0 spiro atoms. The normalized spacial score (nSPS) is 10.4. The first-order valence-electron chi connectivity index (χ1n) is 3.26. The minimum absolute atomic E-state index is 0.275.